The van der Waals surface area contributed by atoms with E-state index in [0.717, 1.165) is 30.5 Å². The Kier molecular flexibility index (Phi) is 3.22. The van der Waals surface area contributed by atoms with Crippen molar-refractivity contribution in [2.45, 2.75) is 24.9 Å². The number of benzene rings is 1. The van der Waals surface area contributed by atoms with Gasteiger partial charge in [0.1, 0.15) is 5.82 Å². The summed E-state index contributed by atoms with van der Waals surface area (Å²) in [4.78, 5) is 12.3. The normalized spacial score (nSPS) is 26.3. The summed E-state index contributed by atoms with van der Waals surface area (Å²) in [5.74, 6) is 0.274. The summed E-state index contributed by atoms with van der Waals surface area (Å²) < 4.78 is 14.8. The van der Waals surface area contributed by atoms with E-state index in [1.165, 1.54) is 12.1 Å². The van der Waals surface area contributed by atoms with Crippen LogP contribution in [0.15, 0.2) is 42.7 Å². The number of carbonyl (C=O) groups excluding carboxylic acids is 1. The third-order valence-corrected chi connectivity index (χ3v) is 4.76. The molecule has 5 heteroatoms. The predicted octanol–water partition coefficient (Wildman–Crippen LogP) is 2.60. The molecule has 3 unspecified atom stereocenters. The molecule has 4 nitrogen and oxygen atoms in total. The maximum absolute atomic E-state index is 13.3. The van der Waals surface area contributed by atoms with Gasteiger partial charge in [-0.2, -0.15) is 0 Å². The smallest absolute Gasteiger partial charge is 0.325 e. The van der Waals surface area contributed by atoms with Crippen LogP contribution < -0.4 is 10.6 Å². The SMILES string of the molecule is O=C(NC1CC2CC1CN2)n1ccc(-c2cccc(F)c2)c1. The van der Waals surface area contributed by atoms with E-state index < -0.39 is 0 Å². The fraction of sp³-hybridized carbons (Fsp3) is 0.353. The lowest BCUT2D eigenvalue weighted by atomic mass is 10.0. The second-order valence-corrected chi connectivity index (χ2v) is 6.21. The highest BCUT2D eigenvalue weighted by Gasteiger charge is 2.40. The minimum absolute atomic E-state index is 0.111. The lowest BCUT2D eigenvalue weighted by Crippen LogP contribution is -2.45. The van der Waals surface area contributed by atoms with Crippen LogP contribution in [0, 0.1) is 11.7 Å². The van der Waals surface area contributed by atoms with Gasteiger partial charge in [-0.25, -0.2) is 9.18 Å². The molecule has 2 N–H and O–H groups in total. The second kappa shape index (κ2) is 5.25. The van der Waals surface area contributed by atoms with E-state index in [1.54, 1.807) is 23.0 Å². The molecule has 1 aromatic carbocycles. The van der Waals surface area contributed by atoms with Gasteiger partial charge >= 0.3 is 6.03 Å². The molecule has 2 aromatic rings. The summed E-state index contributed by atoms with van der Waals surface area (Å²) in [6, 6.07) is 8.93. The Hall–Kier alpha value is -2.14. The Labute approximate surface area is 128 Å². The fourth-order valence-corrected chi connectivity index (χ4v) is 3.61. The highest BCUT2D eigenvalue weighted by Crippen LogP contribution is 2.31. The van der Waals surface area contributed by atoms with Crippen molar-refractivity contribution in [2.24, 2.45) is 5.92 Å². The van der Waals surface area contributed by atoms with Crippen LogP contribution in [0.4, 0.5) is 9.18 Å². The van der Waals surface area contributed by atoms with Gasteiger partial charge in [0, 0.05) is 31.0 Å². The highest BCUT2D eigenvalue weighted by atomic mass is 19.1. The molecule has 2 fully saturated rings. The monoisotopic (exact) mass is 299 g/mol. The van der Waals surface area contributed by atoms with Gasteiger partial charge in [-0.1, -0.05) is 12.1 Å². The second-order valence-electron chi connectivity index (χ2n) is 6.21. The average molecular weight is 299 g/mol. The van der Waals surface area contributed by atoms with E-state index in [0.29, 0.717) is 12.0 Å². The molecule has 3 atom stereocenters. The van der Waals surface area contributed by atoms with E-state index in [2.05, 4.69) is 10.6 Å². The van der Waals surface area contributed by atoms with Crippen molar-refractivity contribution in [2.75, 3.05) is 6.54 Å². The maximum atomic E-state index is 13.3. The molecule has 114 valence electrons. The molecule has 1 aliphatic heterocycles. The Morgan fingerprint density at radius 3 is 2.91 bits per heavy atom. The molecule has 0 radical (unpaired) electrons. The minimum atomic E-state index is -0.274. The van der Waals surface area contributed by atoms with Gasteiger partial charge in [0.05, 0.1) is 0 Å². The highest BCUT2D eigenvalue weighted by molar-refractivity contribution is 5.79. The Balaban J connectivity index is 1.48. The first-order valence-electron chi connectivity index (χ1n) is 7.67. The third kappa shape index (κ3) is 2.41. The number of amides is 1. The predicted molar refractivity (Wildman–Crippen MR) is 82.1 cm³/mol. The van der Waals surface area contributed by atoms with Crippen molar-refractivity contribution in [1.29, 1.82) is 0 Å². The van der Waals surface area contributed by atoms with E-state index >= 15 is 0 Å². The van der Waals surface area contributed by atoms with Gasteiger partial charge in [0.25, 0.3) is 0 Å². The minimum Gasteiger partial charge on any atom is -0.334 e. The molecule has 22 heavy (non-hydrogen) atoms. The molecular formula is C17H18FN3O. The van der Waals surface area contributed by atoms with Crippen LogP contribution in [0.5, 0.6) is 0 Å². The molecular weight excluding hydrogens is 281 g/mol. The lowest BCUT2D eigenvalue weighted by molar-refractivity contribution is 0.233. The van der Waals surface area contributed by atoms with Crippen LogP contribution in [0.3, 0.4) is 0 Å². The number of rotatable bonds is 2. The number of fused-ring (bicyclic) bond motifs is 2. The molecule has 1 saturated heterocycles. The first-order chi connectivity index (χ1) is 10.7. The molecule has 1 aromatic heterocycles. The first-order valence-corrected chi connectivity index (χ1v) is 7.67. The molecule has 0 spiro atoms. The number of piperidine rings is 1. The summed E-state index contributed by atoms with van der Waals surface area (Å²) in [6.07, 6.45) is 5.64. The summed E-state index contributed by atoms with van der Waals surface area (Å²) in [6.45, 7) is 0.996. The summed E-state index contributed by atoms with van der Waals surface area (Å²) >= 11 is 0. The number of nitrogens with zero attached hydrogens (tertiary/aromatic N) is 1. The fourth-order valence-electron chi connectivity index (χ4n) is 3.61. The van der Waals surface area contributed by atoms with Crippen molar-refractivity contribution in [3.63, 3.8) is 0 Å². The van der Waals surface area contributed by atoms with Crippen LogP contribution in [-0.4, -0.2) is 29.2 Å². The molecule has 2 aliphatic rings. The van der Waals surface area contributed by atoms with Gasteiger partial charge in [-0.05, 0) is 48.1 Å². The third-order valence-electron chi connectivity index (χ3n) is 4.76. The van der Waals surface area contributed by atoms with Crippen molar-refractivity contribution >= 4 is 6.03 Å². The zero-order chi connectivity index (χ0) is 15.1. The maximum Gasteiger partial charge on any atom is 0.325 e. The molecule has 4 rings (SSSR count). The standard InChI is InChI=1S/C17H18FN3O/c18-14-3-1-2-11(6-14)12-4-5-21(10-12)17(22)20-16-8-15-7-13(16)9-19-15/h1-6,10,13,15-16,19H,7-9H2,(H,20,22). The van der Waals surface area contributed by atoms with Gasteiger partial charge in [0.15, 0.2) is 0 Å². The summed E-state index contributed by atoms with van der Waals surface area (Å²) in [5.41, 5.74) is 1.61. The van der Waals surface area contributed by atoms with Crippen LogP contribution in [0.1, 0.15) is 12.8 Å². The van der Waals surface area contributed by atoms with Gasteiger partial charge in [0.2, 0.25) is 0 Å². The van der Waals surface area contributed by atoms with Crippen LogP contribution in [0.2, 0.25) is 0 Å². The van der Waals surface area contributed by atoms with E-state index in [-0.39, 0.29) is 17.9 Å². The van der Waals surface area contributed by atoms with E-state index in [9.17, 15) is 9.18 Å². The number of hydrogen-bond donors (Lipinski definition) is 2. The van der Waals surface area contributed by atoms with E-state index in [1.807, 2.05) is 12.1 Å². The molecule has 2 heterocycles. The number of carbonyl (C=O) groups is 1. The quantitative estimate of drug-likeness (QED) is 0.895. The van der Waals surface area contributed by atoms with E-state index in [4.69, 9.17) is 0 Å². The van der Waals surface area contributed by atoms with Gasteiger partial charge in [-0.15, -0.1) is 0 Å². The average Bonchev–Trinajstić information content (AvgIpc) is 3.23. The number of nitrogens with one attached hydrogen (secondary N) is 2. The Morgan fingerprint density at radius 2 is 2.18 bits per heavy atom. The summed E-state index contributed by atoms with van der Waals surface area (Å²) in [7, 11) is 0. The lowest BCUT2D eigenvalue weighted by Gasteiger charge is -2.23. The zero-order valence-corrected chi connectivity index (χ0v) is 12.1. The Bertz CT molecular complexity index is 711. The zero-order valence-electron chi connectivity index (χ0n) is 12.1. The molecule has 1 saturated carbocycles. The molecule has 1 amide bonds. The van der Waals surface area contributed by atoms with Crippen molar-refractivity contribution < 1.29 is 9.18 Å². The molecule has 2 bridgehead atoms. The largest absolute Gasteiger partial charge is 0.334 e. The van der Waals surface area contributed by atoms with Gasteiger partial charge < -0.3 is 10.6 Å². The van der Waals surface area contributed by atoms with Crippen molar-refractivity contribution in [3.8, 4) is 11.1 Å². The number of hydrogen-bond acceptors (Lipinski definition) is 2. The first kappa shape index (κ1) is 13.5. The van der Waals surface area contributed by atoms with Crippen LogP contribution in [-0.2, 0) is 0 Å². The topological polar surface area (TPSA) is 46.1 Å². The van der Waals surface area contributed by atoms with Crippen molar-refractivity contribution in [3.05, 3.63) is 48.5 Å². The van der Waals surface area contributed by atoms with Gasteiger partial charge in [-0.3, -0.25) is 4.57 Å². The summed E-state index contributed by atoms with van der Waals surface area (Å²) in [5, 5.41) is 6.55. The molecule has 1 aliphatic carbocycles. The van der Waals surface area contributed by atoms with Crippen LogP contribution >= 0.6 is 0 Å². The number of halogens is 1. The van der Waals surface area contributed by atoms with Crippen LogP contribution in [0.25, 0.3) is 11.1 Å². The van der Waals surface area contributed by atoms with Crippen molar-refractivity contribution in [1.82, 2.24) is 15.2 Å². The Morgan fingerprint density at radius 1 is 1.27 bits per heavy atom. The number of aromatic nitrogens is 1.